The van der Waals surface area contributed by atoms with Crippen molar-refractivity contribution in [1.29, 1.82) is 0 Å². The van der Waals surface area contributed by atoms with Crippen LogP contribution in [0.5, 0.6) is 0 Å². The van der Waals surface area contributed by atoms with Gasteiger partial charge in [0.2, 0.25) is 0 Å². The highest BCUT2D eigenvalue weighted by molar-refractivity contribution is 6.34. The Morgan fingerprint density at radius 1 is 1.33 bits per heavy atom. The summed E-state index contributed by atoms with van der Waals surface area (Å²) < 4.78 is 6.82. The van der Waals surface area contributed by atoms with E-state index >= 15 is 0 Å². The Balaban J connectivity index is 2.24. The van der Waals surface area contributed by atoms with Crippen molar-refractivity contribution in [2.24, 2.45) is 5.73 Å². The van der Waals surface area contributed by atoms with E-state index in [1.54, 1.807) is 25.1 Å². The fourth-order valence-corrected chi connectivity index (χ4v) is 2.59. The summed E-state index contributed by atoms with van der Waals surface area (Å²) in [5, 5.41) is 1.10. The van der Waals surface area contributed by atoms with Gasteiger partial charge in [-0.25, -0.2) is 0 Å². The van der Waals surface area contributed by atoms with Crippen molar-refractivity contribution < 1.29 is 9.53 Å². The van der Waals surface area contributed by atoms with Gasteiger partial charge in [0.15, 0.2) is 0 Å². The minimum Gasteiger partial charge on any atom is -0.465 e. The van der Waals surface area contributed by atoms with Gasteiger partial charge in [0.1, 0.15) is 6.04 Å². The van der Waals surface area contributed by atoms with Gasteiger partial charge < -0.3 is 15.0 Å². The molecule has 1 heterocycles. The van der Waals surface area contributed by atoms with Crippen molar-refractivity contribution in [1.82, 2.24) is 4.57 Å². The van der Waals surface area contributed by atoms with E-state index in [0.29, 0.717) is 23.1 Å². The first-order valence-electron chi connectivity index (χ1n) is 6.56. The molecule has 0 radical (unpaired) electrons. The zero-order valence-electron chi connectivity index (χ0n) is 11.6. The highest BCUT2D eigenvalue weighted by Gasteiger charge is 2.17. The molecule has 0 amide bonds. The van der Waals surface area contributed by atoms with Gasteiger partial charge in [-0.05, 0) is 37.3 Å². The van der Waals surface area contributed by atoms with E-state index in [1.807, 2.05) is 22.9 Å². The third kappa shape index (κ3) is 4.00. The van der Waals surface area contributed by atoms with Crippen LogP contribution in [0.2, 0.25) is 10.0 Å². The summed E-state index contributed by atoms with van der Waals surface area (Å²) in [6.45, 7) is 2.07. The second-order valence-electron chi connectivity index (χ2n) is 4.56. The Morgan fingerprint density at radius 3 is 2.62 bits per heavy atom. The average molecular weight is 327 g/mol. The number of carbonyl (C=O) groups is 1. The number of halogens is 2. The molecule has 112 valence electrons. The smallest absolute Gasteiger partial charge is 0.323 e. The van der Waals surface area contributed by atoms with Crippen molar-refractivity contribution in [3.8, 4) is 5.69 Å². The number of carbonyl (C=O) groups excluding carboxylic acids is 1. The summed E-state index contributed by atoms with van der Waals surface area (Å²) in [7, 11) is 0. The molecule has 0 aliphatic carbocycles. The summed E-state index contributed by atoms with van der Waals surface area (Å²) >= 11 is 12.0. The molecule has 0 spiro atoms. The van der Waals surface area contributed by atoms with Crippen LogP contribution in [0.1, 0.15) is 12.6 Å². The average Bonchev–Trinajstić information content (AvgIpc) is 2.86. The predicted octanol–water partition coefficient (Wildman–Crippen LogP) is 3.22. The molecule has 0 saturated carbocycles. The molecule has 1 atom stereocenters. The number of aromatic nitrogens is 1. The van der Waals surface area contributed by atoms with Crippen LogP contribution in [-0.4, -0.2) is 23.2 Å². The van der Waals surface area contributed by atoms with Gasteiger partial charge in [-0.15, -0.1) is 0 Å². The van der Waals surface area contributed by atoms with E-state index < -0.39 is 12.0 Å². The molecule has 0 fully saturated rings. The molecule has 21 heavy (non-hydrogen) atoms. The highest BCUT2D eigenvalue weighted by Crippen LogP contribution is 2.23. The molecular formula is C15H16Cl2N2O2. The van der Waals surface area contributed by atoms with Crippen LogP contribution in [0.15, 0.2) is 36.5 Å². The fourth-order valence-electron chi connectivity index (χ4n) is 2.07. The predicted molar refractivity (Wildman–Crippen MR) is 84.1 cm³/mol. The van der Waals surface area contributed by atoms with Crippen LogP contribution >= 0.6 is 23.2 Å². The van der Waals surface area contributed by atoms with E-state index in [0.717, 1.165) is 11.4 Å². The lowest BCUT2D eigenvalue weighted by molar-refractivity contribution is -0.144. The van der Waals surface area contributed by atoms with Gasteiger partial charge in [0.05, 0.1) is 6.61 Å². The highest BCUT2D eigenvalue weighted by atomic mass is 35.5. The van der Waals surface area contributed by atoms with E-state index in [-0.39, 0.29) is 0 Å². The fraction of sp³-hybridized carbons (Fsp3) is 0.267. The Morgan fingerprint density at radius 2 is 2.00 bits per heavy atom. The van der Waals surface area contributed by atoms with Crippen molar-refractivity contribution in [2.45, 2.75) is 19.4 Å². The largest absolute Gasteiger partial charge is 0.465 e. The molecule has 4 nitrogen and oxygen atoms in total. The van der Waals surface area contributed by atoms with Gasteiger partial charge in [0, 0.05) is 34.0 Å². The third-order valence-corrected chi connectivity index (χ3v) is 3.41. The molecule has 1 aromatic carbocycles. The summed E-state index contributed by atoms with van der Waals surface area (Å²) in [6, 6.07) is 8.34. The zero-order chi connectivity index (χ0) is 15.4. The van der Waals surface area contributed by atoms with Crippen molar-refractivity contribution in [3.63, 3.8) is 0 Å². The van der Waals surface area contributed by atoms with E-state index in [2.05, 4.69) is 0 Å². The molecule has 2 N–H and O–H groups in total. The molecule has 0 aliphatic rings. The maximum Gasteiger partial charge on any atom is 0.323 e. The lowest BCUT2D eigenvalue weighted by atomic mass is 10.1. The SMILES string of the molecule is CCOC(=O)C(N)Cc1cccn1-c1cc(Cl)cc(Cl)c1. The zero-order valence-corrected chi connectivity index (χ0v) is 13.1. The Kier molecular flexibility index (Phi) is 5.28. The minimum absolute atomic E-state index is 0.317. The Bertz CT molecular complexity index is 620. The van der Waals surface area contributed by atoms with Crippen LogP contribution in [0.3, 0.4) is 0 Å². The summed E-state index contributed by atoms with van der Waals surface area (Å²) in [5.41, 5.74) is 7.57. The maximum absolute atomic E-state index is 11.6. The topological polar surface area (TPSA) is 57.2 Å². The van der Waals surface area contributed by atoms with Crippen LogP contribution < -0.4 is 5.73 Å². The molecule has 0 aliphatic heterocycles. The lowest BCUT2D eigenvalue weighted by Crippen LogP contribution is -2.34. The monoisotopic (exact) mass is 326 g/mol. The first-order valence-corrected chi connectivity index (χ1v) is 7.31. The van der Waals surface area contributed by atoms with Gasteiger partial charge in [0.25, 0.3) is 0 Å². The number of nitrogens with zero attached hydrogens (tertiary/aromatic N) is 1. The Hall–Kier alpha value is -1.49. The first-order chi connectivity index (χ1) is 10.0. The van der Waals surface area contributed by atoms with Gasteiger partial charge in [-0.2, -0.15) is 0 Å². The van der Waals surface area contributed by atoms with Crippen molar-refractivity contribution >= 4 is 29.2 Å². The number of nitrogens with two attached hydrogens (primary N) is 1. The summed E-state index contributed by atoms with van der Waals surface area (Å²) in [5.74, 6) is -0.408. The van der Waals surface area contributed by atoms with E-state index in [1.165, 1.54) is 0 Å². The van der Waals surface area contributed by atoms with Gasteiger partial charge in [-0.3, -0.25) is 4.79 Å². The standard InChI is InChI=1S/C15H16Cl2N2O2/c1-2-21-15(20)14(18)9-12-4-3-5-19(12)13-7-10(16)6-11(17)8-13/h3-8,14H,2,9,18H2,1H3. The van der Waals surface area contributed by atoms with E-state index in [9.17, 15) is 4.79 Å². The first kappa shape index (κ1) is 15.9. The molecule has 6 heteroatoms. The molecular weight excluding hydrogens is 311 g/mol. The number of hydrogen-bond donors (Lipinski definition) is 1. The van der Waals surface area contributed by atoms with Crippen LogP contribution in [0, 0.1) is 0 Å². The molecule has 2 rings (SSSR count). The molecule has 1 unspecified atom stereocenters. The van der Waals surface area contributed by atoms with Crippen molar-refractivity contribution in [2.75, 3.05) is 6.61 Å². The van der Waals surface area contributed by atoms with Gasteiger partial charge in [-0.1, -0.05) is 23.2 Å². The third-order valence-electron chi connectivity index (χ3n) is 2.98. The van der Waals surface area contributed by atoms with Crippen LogP contribution in [0.25, 0.3) is 5.69 Å². The molecule has 0 bridgehead atoms. The molecule has 0 saturated heterocycles. The normalized spacial score (nSPS) is 12.2. The number of benzene rings is 1. The molecule has 2 aromatic rings. The number of ether oxygens (including phenoxy) is 1. The summed E-state index contributed by atoms with van der Waals surface area (Å²) in [4.78, 5) is 11.6. The lowest BCUT2D eigenvalue weighted by Gasteiger charge is -2.14. The number of rotatable bonds is 5. The summed E-state index contributed by atoms with van der Waals surface area (Å²) in [6.07, 6.45) is 2.24. The maximum atomic E-state index is 11.6. The van der Waals surface area contributed by atoms with Gasteiger partial charge >= 0.3 is 5.97 Å². The quantitative estimate of drug-likeness (QED) is 0.858. The van der Waals surface area contributed by atoms with Crippen molar-refractivity contribution in [3.05, 3.63) is 52.3 Å². The number of esters is 1. The van der Waals surface area contributed by atoms with Crippen LogP contribution in [-0.2, 0) is 16.0 Å². The number of hydrogen-bond acceptors (Lipinski definition) is 3. The second-order valence-corrected chi connectivity index (χ2v) is 5.43. The van der Waals surface area contributed by atoms with E-state index in [4.69, 9.17) is 33.7 Å². The second kappa shape index (κ2) is 6.98. The minimum atomic E-state index is -0.701. The Labute approximate surface area is 133 Å². The van der Waals surface area contributed by atoms with Crippen LogP contribution in [0.4, 0.5) is 0 Å². The molecule has 1 aromatic heterocycles.